The highest BCUT2D eigenvalue weighted by Crippen LogP contribution is 2.30. The van der Waals surface area contributed by atoms with Crippen LogP contribution >= 0.6 is 0 Å². The number of hydrogen-bond acceptors (Lipinski definition) is 2. The van der Waals surface area contributed by atoms with Crippen molar-refractivity contribution in [3.05, 3.63) is 29.3 Å². The van der Waals surface area contributed by atoms with Gasteiger partial charge in [0, 0.05) is 17.8 Å². The zero-order chi connectivity index (χ0) is 13.1. The molecule has 98 valence electrons. The third-order valence-electron chi connectivity index (χ3n) is 4.07. The Bertz CT molecular complexity index is 442. The van der Waals surface area contributed by atoms with Gasteiger partial charge in [0.05, 0.1) is 0 Å². The highest BCUT2D eigenvalue weighted by molar-refractivity contribution is 5.96. The summed E-state index contributed by atoms with van der Waals surface area (Å²) < 4.78 is 0. The summed E-state index contributed by atoms with van der Waals surface area (Å²) in [6.45, 7) is 5.00. The highest BCUT2D eigenvalue weighted by atomic mass is 16.1. The molecule has 1 aliphatic carbocycles. The van der Waals surface area contributed by atoms with Gasteiger partial charge in [0.2, 0.25) is 0 Å². The van der Waals surface area contributed by atoms with E-state index in [0.717, 1.165) is 18.0 Å². The van der Waals surface area contributed by atoms with E-state index >= 15 is 0 Å². The molecule has 0 aromatic heterocycles. The van der Waals surface area contributed by atoms with Crippen LogP contribution in [0.15, 0.2) is 18.2 Å². The van der Waals surface area contributed by atoms with E-state index in [9.17, 15) is 4.79 Å². The number of nitrogens with two attached hydrogens (primary N) is 1. The summed E-state index contributed by atoms with van der Waals surface area (Å²) >= 11 is 0. The largest absolute Gasteiger partial charge is 0.399 e. The van der Waals surface area contributed by atoms with E-state index < -0.39 is 0 Å². The molecule has 2 unspecified atom stereocenters. The second kappa shape index (κ2) is 5.42. The zero-order valence-corrected chi connectivity index (χ0v) is 11.2. The van der Waals surface area contributed by atoms with Crippen molar-refractivity contribution in [2.75, 3.05) is 12.3 Å². The summed E-state index contributed by atoms with van der Waals surface area (Å²) in [7, 11) is 0. The van der Waals surface area contributed by atoms with Gasteiger partial charge in [-0.25, -0.2) is 0 Å². The maximum Gasteiger partial charge on any atom is 0.251 e. The van der Waals surface area contributed by atoms with E-state index in [4.69, 9.17) is 5.73 Å². The molecule has 0 spiro atoms. The molecule has 0 saturated heterocycles. The predicted octanol–water partition coefficient (Wildman–Crippen LogP) is 2.74. The first-order valence-electron chi connectivity index (χ1n) is 6.72. The first-order valence-corrected chi connectivity index (χ1v) is 6.72. The molecule has 0 bridgehead atoms. The van der Waals surface area contributed by atoms with E-state index in [1.165, 1.54) is 19.3 Å². The normalized spacial score (nSPS) is 23.0. The van der Waals surface area contributed by atoms with Crippen LogP contribution < -0.4 is 11.1 Å². The van der Waals surface area contributed by atoms with Gasteiger partial charge in [-0.3, -0.25) is 4.79 Å². The fourth-order valence-electron chi connectivity index (χ4n) is 2.73. The van der Waals surface area contributed by atoms with Crippen molar-refractivity contribution in [2.24, 2.45) is 11.8 Å². The molecule has 3 N–H and O–H groups in total. The second-order valence-corrected chi connectivity index (χ2v) is 5.45. The topological polar surface area (TPSA) is 55.1 Å². The number of amides is 1. The van der Waals surface area contributed by atoms with Gasteiger partial charge >= 0.3 is 0 Å². The minimum atomic E-state index is -0.00102. The Morgan fingerprint density at radius 1 is 1.44 bits per heavy atom. The molecule has 1 saturated carbocycles. The average molecular weight is 246 g/mol. The number of aryl methyl sites for hydroxylation is 1. The first kappa shape index (κ1) is 12.9. The van der Waals surface area contributed by atoms with Crippen molar-refractivity contribution < 1.29 is 4.79 Å². The van der Waals surface area contributed by atoms with Gasteiger partial charge < -0.3 is 11.1 Å². The maximum atomic E-state index is 12.1. The summed E-state index contributed by atoms with van der Waals surface area (Å²) in [5.41, 5.74) is 8.03. The maximum absolute atomic E-state index is 12.1. The minimum absolute atomic E-state index is 0.00102. The highest BCUT2D eigenvalue weighted by Gasteiger charge is 2.23. The van der Waals surface area contributed by atoms with Gasteiger partial charge in [-0.15, -0.1) is 0 Å². The summed E-state index contributed by atoms with van der Waals surface area (Å²) in [5.74, 6) is 1.36. The molecule has 2 atom stereocenters. The van der Waals surface area contributed by atoms with Crippen LogP contribution in [0, 0.1) is 18.8 Å². The van der Waals surface area contributed by atoms with Crippen LogP contribution in [0.2, 0.25) is 0 Å². The summed E-state index contributed by atoms with van der Waals surface area (Å²) in [4.78, 5) is 12.1. The van der Waals surface area contributed by atoms with Gasteiger partial charge in [0.1, 0.15) is 0 Å². The van der Waals surface area contributed by atoms with Crippen molar-refractivity contribution in [2.45, 2.75) is 33.1 Å². The van der Waals surface area contributed by atoms with Crippen LogP contribution in [0.25, 0.3) is 0 Å². The van der Waals surface area contributed by atoms with E-state index in [0.29, 0.717) is 17.2 Å². The number of nitrogen functional groups attached to an aromatic ring is 1. The molecule has 3 heteroatoms. The van der Waals surface area contributed by atoms with Gasteiger partial charge in [0.25, 0.3) is 5.91 Å². The standard InChI is InChI=1S/C15H22N2O/c1-10-4-3-5-12(10)9-17-15(18)14-8-13(16)7-6-11(14)2/h6-8,10,12H,3-5,9,16H2,1-2H3,(H,17,18). The van der Waals surface area contributed by atoms with E-state index in [2.05, 4.69) is 12.2 Å². The molecule has 18 heavy (non-hydrogen) atoms. The number of benzene rings is 1. The van der Waals surface area contributed by atoms with Crippen LogP contribution in [0.1, 0.15) is 42.1 Å². The second-order valence-electron chi connectivity index (χ2n) is 5.45. The third kappa shape index (κ3) is 2.84. The molecule has 0 heterocycles. The van der Waals surface area contributed by atoms with Crippen molar-refractivity contribution in [1.29, 1.82) is 0 Å². The van der Waals surface area contributed by atoms with Crippen molar-refractivity contribution in [3.8, 4) is 0 Å². The molecule has 0 radical (unpaired) electrons. The molecule has 1 aromatic carbocycles. The number of rotatable bonds is 3. The van der Waals surface area contributed by atoms with Gasteiger partial charge in [-0.05, 0) is 42.9 Å². The van der Waals surface area contributed by atoms with E-state index in [-0.39, 0.29) is 5.91 Å². The average Bonchev–Trinajstić information content (AvgIpc) is 2.75. The first-order chi connectivity index (χ1) is 8.58. The Kier molecular flexibility index (Phi) is 3.90. The van der Waals surface area contributed by atoms with Crippen LogP contribution in [-0.4, -0.2) is 12.5 Å². The Morgan fingerprint density at radius 2 is 2.22 bits per heavy atom. The summed E-state index contributed by atoms with van der Waals surface area (Å²) in [5, 5.41) is 3.04. The molecule has 1 fully saturated rings. The molecule has 2 rings (SSSR count). The van der Waals surface area contributed by atoms with Gasteiger partial charge in [0.15, 0.2) is 0 Å². The van der Waals surface area contributed by atoms with Gasteiger partial charge in [-0.1, -0.05) is 25.8 Å². The fourth-order valence-corrected chi connectivity index (χ4v) is 2.73. The van der Waals surface area contributed by atoms with Gasteiger partial charge in [-0.2, -0.15) is 0 Å². The van der Waals surface area contributed by atoms with Crippen LogP contribution in [0.5, 0.6) is 0 Å². The lowest BCUT2D eigenvalue weighted by Gasteiger charge is -2.16. The predicted molar refractivity (Wildman–Crippen MR) is 74.4 cm³/mol. The Morgan fingerprint density at radius 3 is 2.89 bits per heavy atom. The Hall–Kier alpha value is -1.51. The number of anilines is 1. The van der Waals surface area contributed by atoms with Crippen LogP contribution in [0.3, 0.4) is 0 Å². The quantitative estimate of drug-likeness (QED) is 0.806. The fraction of sp³-hybridized carbons (Fsp3) is 0.533. The smallest absolute Gasteiger partial charge is 0.251 e. The minimum Gasteiger partial charge on any atom is -0.399 e. The van der Waals surface area contributed by atoms with Crippen LogP contribution in [0.4, 0.5) is 5.69 Å². The van der Waals surface area contributed by atoms with E-state index in [1.54, 1.807) is 6.07 Å². The number of hydrogen-bond donors (Lipinski definition) is 2. The lowest BCUT2D eigenvalue weighted by Crippen LogP contribution is -2.30. The lowest BCUT2D eigenvalue weighted by atomic mass is 9.98. The van der Waals surface area contributed by atoms with Crippen molar-refractivity contribution in [1.82, 2.24) is 5.32 Å². The zero-order valence-electron chi connectivity index (χ0n) is 11.2. The van der Waals surface area contributed by atoms with Crippen LogP contribution in [-0.2, 0) is 0 Å². The molecule has 1 aromatic rings. The Balaban J connectivity index is 1.97. The number of nitrogens with one attached hydrogen (secondary N) is 1. The molecular weight excluding hydrogens is 224 g/mol. The third-order valence-corrected chi connectivity index (χ3v) is 4.07. The summed E-state index contributed by atoms with van der Waals surface area (Å²) in [6, 6.07) is 5.47. The number of carbonyl (C=O) groups excluding carboxylic acids is 1. The summed E-state index contributed by atoms with van der Waals surface area (Å²) in [6.07, 6.45) is 3.81. The SMILES string of the molecule is Cc1ccc(N)cc1C(=O)NCC1CCCC1C. The van der Waals surface area contributed by atoms with E-state index in [1.807, 2.05) is 19.1 Å². The Labute approximate surface area is 109 Å². The van der Waals surface area contributed by atoms with Crippen molar-refractivity contribution in [3.63, 3.8) is 0 Å². The lowest BCUT2D eigenvalue weighted by molar-refractivity contribution is 0.0944. The molecule has 0 aliphatic heterocycles. The molecule has 3 nitrogen and oxygen atoms in total. The number of carbonyl (C=O) groups is 1. The van der Waals surface area contributed by atoms with Crippen molar-refractivity contribution >= 4 is 11.6 Å². The molecule has 1 aliphatic rings. The molecule has 1 amide bonds. The monoisotopic (exact) mass is 246 g/mol. The molecular formula is C15H22N2O.